The van der Waals surface area contributed by atoms with Gasteiger partial charge in [0.2, 0.25) is 5.91 Å². The topological polar surface area (TPSA) is 58.6 Å². The van der Waals surface area contributed by atoms with Gasteiger partial charge in [-0.05, 0) is 74.2 Å². The molecule has 0 aliphatic carbocycles. The Morgan fingerprint density at radius 2 is 1.63 bits per heavy atom. The van der Waals surface area contributed by atoms with E-state index >= 15 is 0 Å². The molecule has 0 heterocycles. The molecule has 0 saturated carbocycles. The Labute approximate surface area is 213 Å². The van der Waals surface area contributed by atoms with E-state index in [2.05, 4.69) is 5.32 Å². The molecule has 0 fully saturated rings. The molecular weight excluding hydrogens is 460 g/mol. The number of ether oxygens (including phenoxy) is 1. The van der Waals surface area contributed by atoms with Crippen LogP contribution in [0.1, 0.15) is 36.1 Å². The van der Waals surface area contributed by atoms with Crippen molar-refractivity contribution < 1.29 is 14.3 Å². The molecule has 3 aromatic carbocycles. The highest BCUT2D eigenvalue weighted by Crippen LogP contribution is 2.20. The number of halogens is 1. The van der Waals surface area contributed by atoms with Crippen LogP contribution in [0.5, 0.6) is 5.75 Å². The summed E-state index contributed by atoms with van der Waals surface area (Å²) in [7, 11) is 0. The third-order valence-electron chi connectivity index (χ3n) is 5.78. The number of benzene rings is 3. The van der Waals surface area contributed by atoms with E-state index in [0.717, 1.165) is 22.3 Å². The van der Waals surface area contributed by atoms with Crippen molar-refractivity contribution >= 4 is 23.4 Å². The van der Waals surface area contributed by atoms with Crippen LogP contribution < -0.4 is 10.1 Å². The van der Waals surface area contributed by atoms with Crippen molar-refractivity contribution in [2.45, 2.75) is 52.7 Å². The quantitative estimate of drug-likeness (QED) is 0.406. The van der Waals surface area contributed by atoms with Gasteiger partial charge in [0.05, 0.1) is 0 Å². The summed E-state index contributed by atoms with van der Waals surface area (Å²) in [4.78, 5) is 28.5. The first-order chi connectivity index (χ1) is 16.7. The van der Waals surface area contributed by atoms with Gasteiger partial charge in [0, 0.05) is 24.0 Å². The van der Waals surface area contributed by atoms with E-state index in [1.165, 1.54) is 0 Å². The van der Waals surface area contributed by atoms with Crippen molar-refractivity contribution in [2.24, 2.45) is 0 Å². The number of hydrogen-bond donors (Lipinski definition) is 1. The summed E-state index contributed by atoms with van der Waals surface area (Å²) in [6.45, 7) is 7.90. The van der Waals surface area contributed by atoms with Gasteiger partial charge in [-0.15, -0.1) is 0 Å². The van der Waals surface area contributed by atoms with Crippen molar-refractivity contribution in [2.75, 3.05) is 6.61 Å². The Balaban J connectivity index is 1.91. The Morgan fingerprint density at radius 1 is 0.914 bits per heavy atom. The van der Waals surface area contributed by atoms with Gasteiger partial charge in [0.25, 0.3) is 5.91 Å². The number of hydrogen-bond acceptors (Lipinski definition) is 3. The lowest BCUT2D eigenvalue weighted by atomic mass is 10.0. The SMILES string of the molecule is Cc1ccc(OCC(=O)N(Cc2cccc(Cl)c2)[C@@H](Cc2ccccc2)C(=O)NC(C)C)cc1C. The number of carbonyl (C=O) groups excluding carboxylic acids is 2. The van der Waals surface area contributed by atoms with Crippen LogP contribution in [-0.4, -0.2) is 35.4 Å². The van der Waals surface area contributed by atoms with Crippen LogP contribution in [0.2, 0.25) is 5.02 Å². The first kappa shape index (κ1) is 26.3. The van der Waals surface area contributed by atoms with Crippen molar-refractivity contribution in [1.82, 2.24) is 10.2 Å². The minimum atomic E-state index is -0.713. The zero-order chi connectivity index (χ0) is 25.4. The summed E-state index contributed by atoms with van der Waals surface area (Å²) in [5.74, 6) is 0.142. The van der Waals surface area contributed by atoms with Crippen LogP contribution >= 0.6 is 11.6 Å². The second kappa shape index (κ2) is 12.4. The minimum Gasteiger partial charge on any atom is -0.484 e. The summed E-state index contributed by atoms with van der Waals surface area (Å²) in [6, 6.07) is 22.0. The zero-order valence-electron chi connectivity index (χ0n) is 20.8. The molecule has 0 bridgehead atoms. The summed E-state index contributed by atoms with van der Waals surface area (Å²) >= 11 is 6.21. The molecule has 0 radical (unpaired) electrons. The molecule has 184 valence electrons. The van der Waals surface area contributed by atoms with Crippen molar-refractivity contribution in [1.29, 1.82) is 0 Å². The predicted molar refractivity (Wildman–Crippen MR) is 141 cm³/mol. The van der Waals surface area contributed by atoms with Crippen LogP contribution in [0.25, 0.3) is 0 Å². The lowest BCUT2D eigenvalue weighted by Crippen LogP contribution is -2.52. The second-order valence-corrected chi connectivity index (χ2v) is 9.49. The highest BCUT2D eigenvalue weighted by molar-refractivity contribution is 6.30. The minimum absolute atomic E-state index is 0.0596. The van der Waals surface area contributed by atoms with E-state index in [-0.39, 0.29) is 31.0 Å². The van der Waals surface area contributed by atoms with Crippen LogP contribution in [-0.2, 0) is 22.6 Å². The predicted octanol–water partition coefficient (Wildman–Crippen LogP) is 5.50. The molecule has 0 saturated heterocycles. The van der Waals surface area contributed by atoms with E-state index in [0.29, 0.717) is 17.2 Å². The molecule has 6 heteroatoms. The second-order valence-electron chi connectivity index (χ2n) is 9.06. The Bertz CT molecular complexity index is 1150. The lowest BCUT2D eigenvalue weighted by Gasteiger charge is -2.32. The van der Waals surface area contributed by atoms with E-state index in [1.54, 1.807) is 11.0 Å². The van der Waals surface area contributed by atoms with Crippen LogP contribution in [0.4, 0.5) is 0 Å². The van der Waals surface area contributed by atoms with Gasteiger partial charge in [0.1, 0.15) is 11.8 Å². The molecule has 0 aromatic heterocycles. The molecule has 0 spiro atoms. The Hall–Kier alpha value is -3.31. The Morgan fingerprint density at radius 3 is 2.29 bits per heavy atom. The van der Waals surface area contributed by atoms with Crippen molar-refractivity contribution in [3.05, 3.63) is 100 Å². The van der Waals surface area contributed by atoms with E-state index in [1.807, 2.05) is 94.4 Å². The number of nitrogens with one attached hydrogen (secondary N) is 1. The standard InChI is InChI=1S/C29H33ClN2O3/c1-20(2)31-29(34)27(17-23-9-6-5-7-10-23)32(18-24-11-8-12-25(30)16-24)28(33)19-35-26-14-13-21(3)22(4)15-26/h5-16,20,27H,17-19H2,1-4H3,(H,31,34)/t27-/m0/s1. The first-order valence-corrected chi connectivity index (χ1v) is 12.2. The fraction of sp³-hybridized carbons (Fsp3) is 0.310. The smallest absolute Gasteiger partial charge is 0.261 e. The average molecular weight is 493 g/mol. The summed E-state index contributed by atoms with van der Waals surface area (Å²) < 4.78 is 5.86. The van der Waals surface area contributed by atoms with Crippen molar-refractivity contribution in [3.8, 4) is 5.75 Å². The van der Waals surface area contributed by atoms with Gasteiger partial charge in [-0.3, -0.25) is 9.59 Å². The van der Waals surface area contributed by atoms with E-state index in [9.17, 15) is 9.59 Å². The molecule has 2 amide bonds. The average Bonchev–Trinajstić information content (AvgIpc) is 2.82. The number of rotatable bonds is 10. The largest absolute Gasteiger partial charge is 0.484 e. The van der Waals surface area contributed by atoms with Crippen LogP contribution in [0.3, 0.4) is 0 Å². The zero-order valence-corrected chi connectivity index (χ0v) is 21.5. The molecule has 1 atom stereocenters. The maximum absolute atomic E-state index is 13.6. The maximum atomic E-state index is 13.6. The first-order valence-electron chi connectivity index (χ1n) is 11.8. The fourth-order valence-electron chi connectivity index (χ4n) is 3.80. The normalized spacial score (nSPS) is 11.7. The summed E-state index contributed by atoms with van der Waals surface area (Å²) in [6.07, 6.45) is 0.384. The monoisotopic (exact) mass is 492 g/mol. The van der Waals surface area contributed by atoms with Gasteiger partial charge in [0.15, 0.2) is 6.61 Å². The van der Waals surface area contributed by atoms with Crippen LogP contribution in [0, 0.1) is 13.8 Å². The summed E-state index contributed by atoms with van der Waals surface area (Å²) in [5, 5.41) is 3.56. The molecule has 0 aliphatic rings. The number of nitrogens with zero attached hydrogens (tertiary/aromatic N) is 1. The molecule has 0 unspecified atom stereocenters. The van der Waals surface area contributed by atoms with Crippen LogP contribution in [0.15, 0.2) is 72.8 Å². The van der Waals surface area contributed by atoms with Gasteiger partial charge in [-0.25, -0.2) is 0 Å². The molecule has 35 heavy (non-hydrogen) atoms. The highest BCUT2D eigenvalue weighted by Gasteiger charge is 2.31. The van der Waals surface area contributed by atoms with Gasteiger partial charge < -0.3 is 15.0 Å². The van der Waals surface area contributed by atoms with Crippen molar-refractivity contribution in [3.63, 3.8) is 0 Å². The number of carbonyl (C=O) groups is 2. The molecule has 1 N–H and O–H groups in total. The molecule has 5 nitrogen and oxygen atoms in total. The van der Waals surface area contributed by atoms with E-state index in [4.69, 9.17) is 16.3 Å². The maximum Gasteiger partial charge on any atom is 0.261 e. The third kappa shape index (κ3) is 7.86. The number of amides is 2. The highest BCUT2D eigenvalue weighted by atomic mass is 35.5. The van der Waals surface area contributed by atoms with Gasteiger partial charge in [-0.1, -0.05) is 60.1 Å². The van der Waals surface area contributed by atoms with Gasteiger partial charge in [-0.2, -0.15) is 0 Å². The molecular formula is C29H33ClN2O3. The van der Waals surface area contributed by atoms with E-state index < -0.39 is 6.04 Å². The molecule has 0 aliphatic heterocycles. The molecule has 3 rings (SSSR count). The van der Waals surface area contributed by atoms with Gasteiger partial charge >= 0.3 is 0 Å². The summed E-state index contributed by atoms with van der Waals surface area (Å²) in [5.41, 5.74) is 4.05. The molecule has 3 aromatic rings. The lowest BCUT2D eigenvalue weighted by molar-refractivity contribution is -0.143. The number of aryl methyl sites for hydroxylation is 2. The fourth-order valence-corrected chi connectivity index (χ4v) is 4.01. The Kier molecular flexibility index (Phi) is 9.32. The third-order valence-corrected chi connectivity index (χ3v) is 6.02.